The zero-order valence-corrected chi connectivity index (χ0v) is 8.82. The molecule has 1 aliphatic carbocycles. The van der Waals surface area contributed by atoms with E-state index in [0.29, 0.717) is 17.3 Å². The molecule has 2 heterocycles. The molecule has 0 aliphatic heterocycles. The van der Waals surface area contributed by atoms with Gasteiger partial charge in [0.05, 0.1) is 16.7 Å². The van der Waals surface area contributed by atoms with Gasteiger partial charge in [-0.1, -0.05) is 0 Å². The zero-order valence-electron chi connectivity index (χ0n) is 8.82. The van der Waals surface area contributed by atoms with Crippen LogP contribution < -0.4 is 0 Å². The normalized spacial score (nSPS) is 15.6. The van der Waals surface area contributed by atoms with E-state index in [0.717, 1.165) is 24.1 Å². The van der Waals surface area contributed by atoms with Gasteiger partial charge >= 0.3 is 5.97 Å². The third kappa shape index (κ3) is 1.36. The van der Waals surface area contributed by atoms with Gasteiger partial charge in [-0.25, -0.2) is 14.8 Å². The third-order valence-electron chi connectivity index (χ3n) is 2.81. The number of aromatic amines is 1. The van der Waals surface area contributed by atoms with Gasteiger partial charge in [-0.2, -0.15) is 0 Å². The zero-order chi connectivity index (χ0) is 11.3. The minimum absolute atomic E-state index is 0.178. The van der Waals surface area contributed by atoms with Gasteiger partial charge in [0, 0.05) is 5.92 Å². The largest absolute Gasteiger partial charge is 0.477 e. The van der Waals surface area contributed by atoms with E-state index >= 15 is 0 Å². The molecule has 0 saturated heterocycles. The Morgan fingerprint density at radius 3 is 2.88 bits per heavy atom. The van der Waals surface area contributed by atoms with E-state index in [1.54, 1.807) is 6.07 Å². The van der Waals surface area contributed by atoms with E-state index in [2.05, 4.69) is 15.0 Å². The van der Waals surface area contributed by atoms with E-state index < -0.39 is 5.97 Å². The highest BCUT2D eigenvalue weighted by molar-refractivity contribution is 5.93. The number of aromatic nitrogens is 3. The summed E-state index contributed by atoms with van der Waals surface area (Å²) in [7, 11) is 0. The molecule has 0 atom stereocenters. The van der Waals surface area contributed by atoms with Crippen molar-refractivity contribution >= 4 is 17.0 Å². The van der Waals surface area contributed by atoms with Crippen molar-refractivity contribution in [3.8, 4) is 0 Å². The Bertz CT molecular complexity index is 584. The van der Waals surface area contributed by atoms with Gasteiger partial charge in [0.2, 0.25) is 0 Å². The molecule has 2 aromatic rings. The van der Waals surface area contributed by atoms with Crippen LogP contribution in [0.1, 0.15) is 40.8 Å². The smallest absolute Gasteiger partial charge is 0.352 e. The molecule has 0 radical (unpaired) electrons. The highest BCUT2D eigenvalue weighted by Gasteiger charge is 2.28. The Labute approximate surface area is 91.5 Å². The summed E-state index contributed by atoms with van der Waals surface area (Å²) in [5.41, 5.74) is 2.63. The van der Waals surface area contributed by atoms with Crippen LogP contribution in [0.5, 0.6) is 0 Å². The Morgan fingerprint density at radius 2 is 2.25 bits per heavy atom. The van der Waals surface area contributed by atoms with Gasteiger partial charge in [-0.15, -0.1) is 0 Å². The fourth-order valence-electron chi connectivity index (χ4n) is 1.92. The molecular formula is C11H11N3O2. The summed E-state index contributed by atoms with van der Waals surface area (Å²) in [6, 6.07) is 1.57. The van der Waals surface area contributed by atoms with Crippen molar-refractivity contribution in [1.82, 2.24) is 15.0 Å². The van der Waals surface area contributed by atoms with Gasteiger partial charge in [0.25, 0.3) is 0 Å². The Hall–Kier alpha value is -1.91. The number of carboxylic acids is 1. The van der Waals surface area contributed by atoms with Crippen LogP contribution in [0.15, 0.2) is 6.07 Å². The lowest BCUT2D eigenvalue weighted by molar-refractivity contribution is 0.0691. The van der Waals surface area contributed by atoms with Gasteiger partial charge in [0.1, 0.15) is 11.5 Å². The maximum atomic E-state index is 10.9. The summed E-state index contributed by atoms with van der Waals surface area (Å²) in [4.78, 5) is 22.4. The fraction of sp³-hybridized carbons (Fsp3) is 0.364. The molecule has 2 N–H and O–H groups in total. The molecule has 16 heavy (non-hydrogen) atoms. The standard InChI is InChI=1S/C11H11N3O2/c1-5-12-7-4-8(11(15)16)14-10(7)9(13-5)6-2-3-6/h4,6,14H,2-3H2,1H3,(H,15,16). The number of nitrogens with one attached hydrogen (secondary N) is 1. The average Bonchev–Trinajstić information content (AvgIpc) is 2.96. The molecule has 82 valence electrons. The molecule has 0 amide bonds. The van der Waals surface area contributed by atoms with Crippen LogP contribution in [0.25, 0.3) is 11.0 Å². The van der Waals surface area contributed by atoms with Gasteiger partial charge in [-0.3, -0.25) is 0 Å². The molecule has 2 aromatic heterocycles. The lowest BCUT2D eigenvalue weighted by Crippen LogP contribution is -1.96. The summed E-state index contributed by atoms with van der Waals surface area (Å²) >= 11 is 0. The Kier molecular flexibility index (Phi) is 1.77. The highest BCUT2D eigenvalue weighted by atomic mass is 16.4. The molecule has 3 rings (SSSR count). The quantitative estimate of drug-likeness (QED) is 0.804. The van der Waals surface area contributed by atoms with Crippen LogP contribution in [0.3, 0.4) is 0 Å². The van der Waals surface area contributed by atoms with Crippen LogP contribution in [0.2, 0.25) is 0 Å². The van der Waals surface area contributed by atoms with Gasteiger partial charge in [-0.05, 0) is 25.8 Å². The molecule has 0 unspecified atom stereocenters. The molecular weight excluding hydrogens is 206 g/mol. The molecule has 5 heteroatoms. The molecule has 1 aliphatic rings. The van der Waals surface area contributed by atoms with E-state index in [4.69, 9.17) is 5.11 Å². The number of rotatable bonds is 2. The number of carboxylic acid groups (broad SMARTS) is 1. The third-order valence-corrected chi connectivity index (χ3v) is 2.81. The van der Waals surface area contributed by atoms with Crippen LogP contribution in [-0.4, -0.2) is 26.0 Å². The van der Waals surface area contributed by atoms with Crippen LogP contribution in [0, 0.1) is 6.92 Å². The minimum Gasteiger partial charge on any atom is -0.477 e. The summed E-state index contributed by atoms with van der Waals surface area (Å²) < 4.78 is 0. The van der Waals surface area contributed by atoms with Crippen LogP contribution in [-0.2, 0) is 0 Å². The van der Waals surface area contributed by atoms with Crippen molar-refractivity contribution in [3.63, 3.8) is 0 Å². The lowest BCUT2D eigenvalue weighted by atomic mass is 10.2. The first-order valence-corrected chi connectivity index (χ1v) is 5.25. The van der Waals surface area contributed by atoms with Gasteiger partial charge in [0.15, 0.2) is 0 Å². The monoisotopic (exact) mass is 217 g/mol. The second-order valence-electron chi connectivity index (χ2n) is 4.18. The van der Waals surface area contributed by atoms with Crippen molar-refractivity contribution in [3.05, 3.63) is 23.3 Å². The first-order valence-electron chi connectivity index (χ1n) is 5.25. The van der Waals surface area contributed by atoms with Crippen LogP contribution in [0.4, 0.5) is 0 Å². The number of fused-ring (bicyclic) bond motifs is 1. The topological polar surface area (TPSA) is 78.9 Å². The maximum Gasteiger partial charge on any atom is 0.352 e. The highest BCUT2D eigenvalue weighted by Crippen LogP contribution is 2.41. The second-order valence-corrected chi connectivity index (χ2v) is 4.18. The van der Waals surface area contributed by atoms with Crippen molar-refractivity contribution in [1.29, 1.82) is 0 Å². The fourth-order valence-corrected chi connectivity index (χ4v) is 1.92. The predicted molar refractivity (Wildman–Crippen MR) is 57.6 cm³/mol. The van der Waals surface area contributed by atoms with Gasteiger partial charge < -0.3 is 10.1 Å². The molecule has 5 nitrogen and oxygen atoms in total. The summed E-state index contributed by atoms with van der Waals surface area (Å²) in [6.45, 7) is 1.83. The van der Waals surface area contributed by atoms with E-state index in [9.17, 15) is 4.79 Å². The summed E-state index contributed by atoms with van der Waals surface area (Å²) in [5.74, 6) is 0.215. The second kappa shape index (κ2) is 3.04. The molecule has 0 aromatic carbocycles. The number of hydrogen-bond donors (Lipinski definition) is 2. The lowest BCUT2D eigenvalue weighted by Gasteiger charge is -2.00. The number of nitrogens with zero attached hydrogens (tertiary/aromatic N) is 2. The number of aromatic carboxylic acids is 1. The van der Waals surface area contributed by atoms with Crippen molar-refractivity contribution in [2.45, 2.75) is 25.7 Å². The molecule has 0 spiro atoms. The van der Waals surface area contributed by atoms with E-state index in [-0.39, 0.29) is 5.69 Å². The predicted octanol–water partition coefficient (Wildman–Crippen LogP) is 1.84. The summed E-state index contributed by atoms with van der Waals surface area (Å²) in [5, 5.41) is 8.92. The first kappa shape index (κ1) is 9.33. The Morgan fingerprint density at radius 1 is 1.50 bits per heavy atom. The number of carbonyl (C=O) groups is 1. The average molecular weight is 217 g/mol. The molecule has 1 fully saturated rings. The minimum atomic E-state index is -0.961. The van der Waals surface area contributed by atoms with Crippen LogP contribution >= 0.6 is 0 Å². The molecule has 1 saturated carbocycles. The first-order chi connectivity index (χ1) is 7.65. The van der Waals surface area contributed by atoms with E-state index in [1.807, 2.05) is 6.92 Å². The SMILES string of the molecule is Cc1nc(C2CC2)c2[nH]c(C(=O)O)cc2n1. The number of hydrogen-bond acceptors (Lipinski definition) is 3. The molecule has 0 bridgehead atoms. The Balaban J connectivity index is 2.27. The van der Waals surface area contributed by atoms with E-state index in [1.165, 1.54) is 0 Å². The summed E-state index contributed by atoms with van der Waals surface area (Å²) in [6.07, 6.45) is 2.26. The maximum absolute atomic E-state index is 10.9. The van der Waals surface area contributed by atoms with Crippen molar-refractivity contribution < 1.29 is 9.90 Å². The number of aryl methyl sites for hydroxylation is 1. The van der Waals surface area contributed by atoms with Crippen molar-refractivity contribution in [2.75, 3.05) is 0 Å². The number of H-pyrrole nitrogens is 1. The van der Waals surface area contributed by atoms with Crippen molar-refractivity contribution in [2.24, 2.45) is 0 Å².